The number of hydrogen-bond acceptors (Lipinski definition) is 2. The van der Waals surface area contributed by atoms with E-state index in [1.165, 1.54) is 30.4 Å². The molecule has 1 aromatic heterocycles. The van der Waals surface area contributed by atoms with Crippen LogP contribution in [0.2, 0.25) is 0 Å². The number of amides is 1. The monoisotopic (exact) mass is 349 g/mol. The molecule has 3 heteroatoms. The number of benzene rings is 1. The van der Waals surface area contributed by atoms with Crippen LogP contribution in [0.4, 0.5) is 0 Å². The molecule has 3 nitrogen and oxygen atoms in total. The number of furan rings is 1. The molecule has 0 radical (unpaired) electrons. The van der Waals surface area contributed by atoms with Crippen LogP contribution < -0.4 is 5.32 Å². The third kappa shape index (κ3) is 2.52. The Labute approximate surface area is 155 Å². The number of carbonyl (C=O) groups excluding carboxylic acids is 1. The molecule has 4 aliphatic carbocycles. The molecule has 1 amide bonds. The largest absolute Gasteiger partial charge is 0.467 e. The molecule has 4 aliphatic rings. The van der Waals surface area contributed by atoms with Gasteiger partial charge in [-0.3, -0.25) is 4.79 Å². The van der Waals surface area contributed by atoms with Crippen LogP contribution in [0.25, 0.3) is 0 Å². The molecule has 136 valence electrons. The maximum atomic E-state index is 13.3. The second-order valence-corrected chi connectivity index (χ2v) is 9.15. The van der Waals surface area contributed by atoms with Crippen LogP contribution in [0.3, 0.4) is 0 Å². The van der Waals surface area contributed by atoms with Crippen molar-refractivity contribution < 1.29 is 9.21 Å². The fourth-order valence-electron chi connectivity index (χ4n) is 6.54. The Kier molecular flexibility index (Phi) is 3.57. The van der Waals surface area contributed by atoms with Crippen molar-refractivity contribution in [3.63, 3.8) is 0 Å². The van der Waals surface area contributed by atoms with Gasteiger partial charge in [0.2, 0.25) is 5.91 Å². The van der Waals surface area contributed by atoms with E-state index < -0.39 is 0 Å². The Balaban J connectivity index is 1.43. The first-order valence-corrected chi connectivity index (χ1v) is 9.95. The first kappa shape index (κ1) is 16.2. The third-order valence-electron chi connectivity index (χ3n) is 7.21. The van der Waals surface area contributed by atoms with Gasteiger partial charge in [-0.15, -0.1) is 0 Å². The third-order valence-corrected chi connectivity index (χ3v) is 7.21. The molecule has 4 atom stereocenters. The first-order chi connectivity index (χ1) is 12.6. The van der Waals surface area contributed by atoms with Crippen molar-refractivity contribution in [1.82, 2.24) is 5.32 Å². The highest BCUT2D eigenvalue weighted by Crippen LogP contribution is 2.65. The molecular formula is C23H27NO2. The number of carbonyl (C=O) groups is 1. The molecule has 1 aromatic carbocycles. The minimum Gasteiger partial charge on any atom is -0.467 e. The summed E-state index contributed by atoms with van der Waals surface area (Å²) in [6.07, 6.45) is 8.67. The summed E-state index contributed by atoms with van der Waals surface area (Å²) in [7, 11) is 0. The van der Waals surface area contributed by atoms with E-state index in [1.54, 1.807) is 6.26 Å². The second-order valence-electron chi connectivity index (χ2n) is 9.15. The molecule has 4 saturated carbocycles. The molecule has 1 N–H and O–H groups in total. The predicted octanol–water partition coefficient (Wildman–Crippen LogP) is 4.74. The number of aryl methyl sites for hydroxylation is 1. The summed E-state index contributed by atoms with van der Waals surface area (Å²) in [6.45, 7) is 2.65. The summed E-state index contributed by atoms with van der Waals surface area (Å²) in [5.74, 6) is 2.48. The highest BCUT2D eigenvalue weighted by molar-refractivity contribution is 5.83. The van der Waals surface area contributed by atoms with Gasteiger partial charge in [0, 0.05) is 0 Å². The van der Waals surface area contributed by atoms with Crippen molar-refractivity contribution in [3.8, 4) is 0 Å². The smallest absolute Gasteiger partial charge is 0.226 e. The molecule has 0 spiro atoms. The normalized spacial score (nSPS) is 34.8. The van der Waals surface area contributed by atoms with Gasteiger partial charge in [0.15, 0.2) is 0 Å². The molecule has 0 saturated heterocycles. The molecule has 2 unspecified atom stereocenters. The Morgan fingerprint density at radius 3 is 2.50 bits per heavy atom. The van der Waals surface area contributed by atoms with E-state index in [4.69, 9.17) is 4.42 Å². The lowest BCUT2D eigenvalue weighted by atomic mass is 9.42. The molecule has 26 heavy (non-hydrogen) atoms. The Morgan fingerprint density at radius 2 is 1.85 bits per heavy atom. The van der Waals surface area contributed by atoms with Crippen molar-refractivity contribution in [3.05, 3.63) is 59.5 Å². The summed E-state index contributed by atoms with van der Waals surface area (Å²) < 4.78 is 5.39. The van der Waals surface area contributed by atoms with Crippen molar-refractivity contribution in [2.24, 2.45) is 17.3 Å². The quantitative estimate of drug-likeness (QED) is 0.866. The van der Waals surface area contributed by atoms with Gasteiger partial charge in [0.1, 0.15) is 5.76 Å². The standard InChI is InChI=1S/C23H27NO2/c1-16-4-6-19(7-5-16)22-10-17-9-18(11-22)13-23(12-17,15-22)21(25)24-14-20-3-2-8-26-20/h2-8,17-18H,9-15H2,1H3,(H,24,25)/t17-,18+,22?,23?. The van der Waals surface area contributed by atoms with Crippen LogP contribution >= 0.6 is 0 Å². The fourth-order valence-corrected chi connectivity index (χ4v) is 6.54. The molecule has 1 heterocycles. The average molecular weight is 349 g/mol. The zero-order valence-electron chi connectivity index (χ0n) is 15.5. The van der Waals surface area contributed by atoms with Gasteiger partial charge in [-0.1, -0.05) is 29.8 Å². The van der Waals surface area contributed by atoms with Gasteiger partial charge in [-0.2, -0.15) is 0 Å². The topological polar surface area (TPSA) is 42.2 Å². The van der Waals surface area contributed by atoms with E-state index in [0.29, 0.717) is 18.4 Å². The lowest BCUT2D eigenvalue weighted by Gasteiger charge is -2.61. The minimum absolute atomic E-state index is 0.179. The number of nitrogens with one attached hydrogen (secondary N) is 1. The summed E-state index contributed by atoms with van der Waals surface area (Å²) in [4.78, 5) is 13.3. The zero-order chi connectivity index (χ0) is 17.8. The van der Waals surface area contributed by atoms with Crippen molar-refractivity contribution in [2.75, 3.05) is 0 Å². The summed E-state index contributed by atoms with van der Waals surface area (Å²) in [5.41, 5.74) is 2.80. The first-order valence-electron chi connectivity index (χ1n) is 9.95. The van der Waals surface area contributed by atoms with Crippen LogP contribution in [0.5, 0.6) is 0 Å². The molecule has 4 fully saturated rings. The van der Waals surface area contributed by atoms with Crippen LogP contribution in [0, 0.1) is 24.2 Å². The van der Waals surface area contributed by atoms with Crippen LogP contribution in [0.15, 0.2) is 47.1 Å². The van der Waals surface area contributed by atoms with E-state index in [-0.39, 0.29) is 16.7 Å². The molecule has 0 aliphatic heterocycles. The van der Waals surface area contributed by atoms with Crippen LogP contribution in [-0.4, -0.2) is 5.91 Å². The van der Waals surface area contributed by atoms with E-state index in [0.717, 1.165) is 25.0 Å². The van der Waals surface area contributed by atoms with E-state index in [2.05, 4.69) is 36.5 Å². The van der Waals surface area contributed by atoms with Crippen molar-refractivity contribution >= 4 is 5.91 Å². The van der Waals surface area contributed by atoms with Crippen molar-refractivity contribution in [1.29, 1.82) is 0 Å². The average Bonchev–Trinajstić information content (AvgIpc) is 3.12. The molecule has 6 rings (SSSR count). The zero-order valence-corrected chi connectivity index (χ0v) is 15.5. The summed E-state index contributed by atoms with van der Waals surface area (Å²) in [6, 6.07) is 12.9. The van der Waals surface area contributed by atoms with Gasteiger partial charge in [-0.25, -0.2) is 0 Å². The SMILES string of the molecule is Cc1ccc(C23C[C@@H]4C[C@@H](CC(C(=O)NCc5ccco5)(C4)C2)C3)cc1. The maximum Gasteiger partial charge on any atom is 0.226 e. The lowest BCUT2D eigenvalue weighted by Crippen LogP contribution is -2.59. The van der Waals surface area contributed by atoms with E-state index >= 15 is 0 Å². The van der Waals surface area contributed by atoms with Gasteiger partial charge in [0.05, 0.1) is 18.2 Å². The minimum atomic E-state index is -0.179. The fraction of sp³-hybridized carbons (Fsp3) is 0.522. The van der Waals surface area contributed by atoms with Gasteiger partial charge >= 0.3 is 0 Å². The number of rotatable bonds is 4. The second kappa shape index (κ2) is 5.73. The lowest BCUT2D eigenvalue weighted by molar-refractivity contribution is -0.149. The van der Waals surface area contributed by atoms with Crippen molar-refractivity contribution in [2.45, 2.75) is 57.4 Å². The Bertz CT molecular complexity index is 791. The van der Waals surface area contributed by atoms with Gasteiger partial charge in [0.25, 0.3) is 0 Å². The van der Waals surface area contributed by atoms with Gasteiger partial charge < -0.3 is 9.73 Å². The Morgan fingerprint density at radius 1 is 1.12 bits per heavy atom. The Hall–Kier alpha value is -2.03. The van der Waals surface area contributed by atoms with Crippen LogP contribution in [-0.2, 0) is 16.8 Å². The molecule has 4 bridgehead atoms. The van der Waals surface area contributed by atoms with E-state index in [9.17, 15) is 4.79 Å². The summed E-state index contributed by atoms with van der Waals surface area (Å²) >= 11 is 0. The van der Waals surface area contributed by atoms with E-state index in [1.807, 2.05) is 12.1 Å². The highest BCUT2D eigenvalue weighted by Gasteiger charge is 2.60. The highest BCUT2D eigenvalue weighted by atomic mass is 16.3. The van der Waals surface area contributed by atoms with Gasteiger partial charge in [-0.05, 0) is 80.4 Å². The maximum absolute atomic E-state index is 13.3. The molecular weight excluding hydrogens is 322 g/mol. The molecule has 2 aromatic rings. The predicted molar refractivity (Wildman–Crippen MR) is 101 cm³/mol. The summed E-state index contributed by atoms with van der Waals surface area (Å²) in [5, 5.41) is 3.19. The number of hydrogen-bond donors (Lipinski definition) is 1. The van der Waals surface area contributed by atoms with Crippen LogP contribution in [0.1, 0.15) is 55.4 Å².